The van der Waals surface area contributed by atoms with Gasteiger partial charge in [-0.15, -0.1) is 0 Å². The summed E-state index contributed by atoms with van der Waals surface area (Å²) < 4.78 is 24.1. The maximum atomic E-state index is 12.0. The number of rotatable bonds is 2. The van der Waals surface area contributed by atoms with Gasteiger partial charge in [-0.2, -0.15) is 0 Å². The molecular weight excluding hydrogens is 190 g/mol. The van der Waals surface area contributed by atoms with Crippen LogP contribution >= 0.6 is 11.3 Å². The van der Waals surface area contributed by atoms with Crippen LogP contribution in [-0.2, 0) is 0 Å². The second kappa shape index (κ2) is 3.02. The van der Waals surface area contributed by atoms with E-state index in [2.05, 4.69) is 4.98 Å². The third-order valence-electron chi connectivity index (χ3n) is 1.07. The van der Waals surface area contributed by atoms with Crippen LogP contribution in [0, 0.1) is 0 Å². The molecule has 0 aromatic carbocycles. The minimum atomic E-state index is -2.90. The highest BCUT2D eigenvalue weighted by molar-refractivity contribution is 7.17. The Labute approximate surface area is 69.6 Å². The average Bonchev–Trinajstić information content (AvgIpc) is 2.31. The number of carboxylic acids is 1. The topological polar surface area (TPSA) is 76.2 Å². The second-order valence-corrected chi connectivity index (χ2v) is 2.90. The first kappa shape index (κ1) is 8.85. The number of thiazole rings is 1. The van der Waals surface area contributed by atoms with Crippen LogP contribution < -0.4 is 5.73 Å². The van der Waals surface area contributed by atoms with Gasteiger partial charge < -0.3 is 10.8 Å². The lowest BCUT2D eigenvalue weighted by molar-refractivity contribution is 0.0689. The van der Waals surface area contributed by atoms with Crippen molar-refractivity contribution in [2.45, 2.75) is 6.43 Å². The lowest BCUT2D eigenvalue weighted by Crippen LogP contribution is -1.98. The number of carboxylic acid groups (broad SMARTS) is 1. The van der Waals surface area contributed by atoms with E-state index < -0.39 is 23.0 Å². The quantitative estimate of drug-likeness (QED) is 0.745. The minimum Gasteiger partial charge on any atom is -0.477 e. The van der Waals surface area contributed by atoms with Crippen molar-refractivity contribution in [2.75, 3.05) is 5.73 Å². The number of nitrogens with zero attached hydrogens (tertiary/aromatic N) is 1. The number of aromatic carboxylic acids is 1. The van der Waals surface area contributed by atoms with Crippen LogP contribution in [-0.4, -0.2) is 16.1 Å². The summed E-state index contributed by atoms with van der Waals surface area (Å²) in [5.74, 6) is -1.43. The van der Waals surface area contributed by atoms with Gasteiger partial charge in [0.05, 0.1) is 0 Å². The second-order valence-electron chi connectivity index (χ2n) is 1.87. The fourth-order valence-electron chi connectivity index (χ4n) is 0.650. The van der Waals surface area contributed by atoms with Crippen LogP contribution in [0.3, 0.4) is 0 Å². The molecule has 0 unspecified atom stereocenters. The third-order valence-corrected chi connectivity index (χ3v) is 1.96. The lowest BCUT2D eigenvalue weighted by Gasteiger charge is -1.93. The Morgan fingerprint density at radius 1 is 1.67 bits per heavy atom. The van der Waals surface area contributed by atoms with E-state index in [0.29, 0.717) is 11.3 Å². The van der Waals surface area contributed by atoms with Gasteiger partial charge in [0.2, 0.25) is 0 Å². The van der Waals surface area contributed by atoms with E-state index in [9.17, 15) is 13.6 Å². The van der Waals surface area contributed by atoms with Crippen molar-refractivity contribution in [1.29, 1.82) is 0 Å². The number of anilines is 1. The number of halogens is 2. The van der Waals surface area contributed by atoms with Crippen LogP contribution in [0.4, 0.5) is 13.9 Å². The van der Waals surface area contributed by atoms with Crippen molar-refractivity contribution in [3.8, 4) is 0 Å². The van der Waals surface area contributed by atoms with Gasteiger partial charge >= 0.3 is 5.97 Å². The van der Waals surface area contributed by atoms with Gasteiger partial charge in [0.25, 0.3) is 6.43 Å². The number of hydrogen-bond acceptors (Lipinski definition) is 4. The van der Waals surface area contributed by atoms with Crippen LogP contribution in [0.1, 0.15) is 21.8 Å². The van der Waals surface area contributed by atoms with Crippen molar-refractivity contribution in [3.05, 3.63) is 10.6 Å². The molecule has 0 atom stereocenters. The molecule has 0 saturated carbocycles. The van der Waals surface area contributed by atoms with Gasteiger partial charge in [0, 0.05) is 0 Å². The van der Waals surface area contributed by atoms with E-state index in [1.54, 1.807) is 0 Å². The van der Waals surface area contributed by atoms with Crippen LogP contribution in [0.5, 0.6) is 0 Å². The summed E-state index contributed by atoms with van der Waals surface area (Å²) in [5.41, 5.74) is 4.31. The lowest BCUT2D eigenvalue weighted by atomic mass is 10.4. The smallest absolute Gasteiger partial charge is 0.348 e. The standard InChI is InChI=1S/C5H4F2N2O2S/c6-3(7)1-2(4(10)11)12-5(8)9-1/h3H,(H2,8,9)(H,10,11). The Hall–Kier alpha value is -1.24. The molecule has 0 radical (unpaired) electrons. The van der Waals surface area contributed by atoms with E-state index >= 15 is 0 Å². The first-order valence-electron chi connectivity index (χ1n) is 2.80. The molecule has 1 heterocycles. The van der Waals surface area contributed by atoms with Crippen LogP contribution in [0.25, 0.3) is 0 Å². The van der Waals surface area contributed by atoms with E-state index in [1.165, 1.54) is 0 Å². The molecule has 3 N–H and O–H groups in total. The van der Waals surface area contributed by atoms with Crippen molar-refractivity contribution in [2.24, 2.45) is 0 Å². The van der Waals surface area contributed by atoms with Gasteiger partial charge in [-0.05, 0) is 0 Å². The van der Waals surface area contributed by atoms with Gasteiger partial charge in [0.1, 0.15) is 10.6 Å². The molecule has 0 fully saturated rings. The molecule has 4 nitrogen and oxygen atoms in total. The fraction of sp³-hybridized carbons (Fsp3) is 0.200. The van der Waals surface area contributed by atoms with Crippen molar-refractivity contribution in [3.63, 3.8) is 0 Å². The van der Waals surface area contributed by atoms with Crippen molar-refractivity contribution < 1.29 is 18.7 Å². The van der Waals surface area contributed by atoms with Crippen LogP contribution in [0.15, 0.2) is 0 Å². The highest BCUT2D eigenvalue weighted by Crippen LogP contribution is 2.28. The summed E-state index contributed by atoms with van der Waals surface area (Å²) in [7, 11) is 0. The maximum Gasteiger partial charge on any atom is 0.348 e. The maximum absolute atomic E-state index is 12.0. The molecule has 0 amide bonds. The molecule has 0 aliphatic carbocycles. The molecule has 0 bridgehead atoms. The zero-order chi connectivity index (χ0) is 9.30. The molecule has 7 heteroatoms. The number of carbonyl (C=O) groups is 1. The van der Waals surface area contributed by atoms with Crippen molar-refractivity contribution in [1.82, 2.24) is 4.98 Å². The summed E-state index contributed by atoms with van der Waals surface area (Å²) in [6, 6.07) is 0. The molecule has 66 valence electrons. The SMILES string of the molecule is Nc1nc(C(F)F)c(C(=O)O)s1. The van der Waals surface area contributed by atoms with Crippen LogP contribution in [0.2, 0.25) is 0 Å². The normalized spacial score (nSPS) is 10.6. The molecule has 0 aliphatic rings. The number of nitrogen functional groups attached to an aromatic ring is 1. The van der Waals surface area contributed by atoms with E-state index in [-0.39, 0.29) is 5.13 Å². The molecule has 12 heavy (non-hydrogen) atoms. The summed E-state index contributed by atoms with van der Waals surface area (Å²) >= 11 is 0.538. The molecule has 1 aromatic rings. The van der Waals surface area contributed by atoms with Gasteiger partial charge in [-0.3, -0.25) is 0 Å². The molecule has 0 aliphatic heterocycles. The monoisotopic (exact) mass is 194 g/mol. The Balaban J connectivity index is 3.17. The Kier molecular flexibility index (Phi) is 2.22. The van der Waals surface area contributed by atoms with E-state index in [1.807, 2.05) is 0 Å². The van der Waals surface area contributed by atoms with E-state index in [4.69, 9.17) is 10.8 Å². The van der Waals surface area contributed by atoms with Gasteiger partial charge in [-0.25, -0.2) is 18.6 Å². The Morgan fingerprint density at radius 3 is 2.58 bits per heavy atom. The number of hydrogen-bond donors (Lipinski definition) is 2. The Bertz CT molecular complexity index is 312. The first-order chi connectivity index (χ1) is 5.52. The minimum absolute atomic E-state index is 0.164. The number of aromatic nitrogens is 1. The fourth-order valence-corrected chi connectivity index (χ4v) is 1.33. The highest BCUT2D eigenvalue weighted by Gasteiger charge is 2.22. The van der Waals surface area contributed by atoms with Crippen molar-refractivity contribution >= 4 is 22.4 Å². The molecule has 0 saturated heterocycles. The zero-order valence-corrected chi connectivity index (χ0v) is 6.44. The van der Waals surface area contributed by atoms with Gasteiger partial charge in [-0.1, -0.05) is 11.3 Å². The molecular formula is C5H4F2N2O2S. The summed E-state index contributed by atoms with van der Waals surface area (Å²) in [4.78, 5) is 13.0. The number of nitrogens with two attached hydrogens (primary N) is 1. The third kappa shape index (κ3) is 1.50. The molecule has 1 rings (SSSR count). The highest BCUT2D eigenvalue weighted by atomic mass is 32.1. The predicted molar refractivity (Wildman–Crippen MR) is 38.4 cm³/mol. The van der Waals surface area contributed by atoms with E-state index in [0.717, 1.165) is 0 Å². The van der Waals surface area contributed by atoms with Gasteiger partial charge in [0.15, 0.2) is 5.13 Å². The first-order valence-corrected chi connectivity index (χ1v) is 3.61. The summed E-state index contributed by atoms with van der Waals surface area (Å²) in [5, 5.41) is 8.25. The number of alkyl halides is 2. The molecule has 0 spiro atoms. The largest absolute Gasteiger partial charge is 0.477 e. The summed E-state index contributed by atoms with van der Waals surface area (Å²) in [6.45, 7) is 0. The Morgan fingerprint density at radius 2 is 2.25 bits per heavy atom. The molecule has 1 aromatic heterocycles. The predicted octanol–water partition coefficient (Wildman–Crippen LogP) is 1.36. The zero-order valence-electron chi connectivity index (χ0n) is 5.62. The summed E-state index contributed by atoms with van der Waals surface area (Å²) in [6.07, 6.45) is -2.90. The average molecular weight is 194 g/mol.